The molecule has 0 radical (unpaired) electrons. The molecule has 0 unspecified atom stereocenters. The van der Waals surface area contributed by atoms with Gasteiger partial charge in [0.25, 0.3) is 5.91 Å². The number of aromatic nitrogens is 2. The smallest absolute Gasteiger partial charge is 0.251 e. The molecule has 0 aliphatic rings. The highest BCUT2D eigenvalue weighted by Gasteiger charge is 2.07. The summed E-state index contributed by atoms with van der Waals surface area (Å²) < 4.78 is 0. The maximum Gasteiger partial charge on any atom is 0.251 e. The van der Waals surface area contributed by atoms with Crippen molar-refractivity contribution in [1.29, 1.82) is 0 Å². The third-order valence-corrected chi connectivity index (χ3v) is 3.98. The molecule has 0 bridgehead atoms. The highest BCUT2D eigenvalue weighted by Crippen LogP contribution is 2.16. The topological polar surface area (TPSA) is 66.9 Å². The van der Waals surface area contributed by atoms with E-state index in [1.165, 1.54) is 0 Å². The lowest BCUT2D eigenvalue weighted by atomic mass is 10.1. The lowest BCUT2D eigenvalue weighted by Gasteiger charge is -2.09. The van der Waals surface area contributed by atoms with Crippen LogP contribution in [0, 0.1) is 13.8 Å². The van der Waals surface area contributed by atoms with E-state index in [9.17, 15) is 4.79 Å². The molecule has 1 amide bonds. The van der Waals surface area contributed by atoms with E-state index in [0.717, 1.165) is 22.6 Å². The second kappa shape index (κ2) is 7.97. The molecule has 2 N–H and O–H groups in total. The number of aryl methyl sites for hydroxylation is 2. The van der Waals surface area contributed by atoms with Gasteiger partial charge in [-0.15, -0.1) is 0 Å². The number of nitrogens with one attached hydrogen (secondary N) is 2. The summed E-state index contributed by atoms with van der Waals surface area (Å²) in [4.78, 5) is 21.1. The molecule has 0 aliphatic carbocycles. The van der Waals surface area contributed by atoms with Gasteiger partial charge in [-0.1, -0.05) is 29.8 Å². The standard InChI is InChI=1S/C20H19ClN4O/c1-13-10-14(2)24-20(23-13)25-18-5-3-4-16(11-18)19(26)22-12-15-6-8-17(21)9-7-15/h3-11H,12H2,1-2H3,(H,22,26)(H,23,24,25). The first-order valence-electron chi connectivity index (χ1n) is 8.21. The summed E-state index contributed by atoms with van der Waals surface area (Å²) >= 11 is 5.87. The van der Waals surface area contributed by atoms with Gasteiger partial charge in [-0.3, -0.25) is 4.79 Å². The molecular formula is C20H19ClN4O. The molecule has 2 aromatic carbocycles. The average molecular weight is 367 g/mol. The van der Waals surface area contributed by atoms with E-state index in [2.05, 4.69) is 20.6 Å². The van der Waals surface area contributed by atoms with Gasteiger partial charge in [0.05, 0.1) is 0 Å². The van der Waals surface area contributed by atoms with Gasteiger partial charge in [-0.25, -0.2) is 9.97 Å². The van der Waals surface area contributed by atoms with Crippen LogP contribution in [0.1, 0.15) is 27.3 Å². The van der Waals surface area contributed by atoms with E-state index in [1.807, 2.05) is 44.2 Å². The van der Waals surface area contributed by atoms with Gasteiger partial charge in [0.1, 0.15) is 0 Å². The number of amides is 1. The summed E-state index contributed by atoms with van der Waals surface area (Å²) in [6.45, 7) is 4.27. The van der Waals surface area contributed by atoms with Crippen molar-refractivity contribution in [3.8, 4) is 0 Å². The van der Waals surface area contributed by atoms with Crippen LogP contribution in [0.3, 0.4) is 0 Å². The summed E-state index contributed by atoms with van der Waals surface area (Å²) in [6, 6.07) is 16.5. The number of anilines is 2. The van der Waals surface area contributed by atoms with Crippen LogP contribution in [0.4, 0.5) is 11.6 Å². The molecule has 3 rings (SSSR count). The third kappa shape index (κ3) is 4.80. The van der Waals surface area contributed by atoms with Crippen molar-refractivity contribution in [2.45, 2.75) is 20.4 Å². The Balaban J connectivity index is 1.67. The zero-order valence-corrected chi connectivity index (χ0v) is 15.3. The maximum absolute atomic E-state index is 12.4. The number of carbonyl (C=O) groups excluding carboxylic acids is 1. The molecular weight excluding hydrogens is 348 g/mol. The van der Waals surface area contributed by atoms with Crippen LogP contribution in [-0.2, 0) is 6.54 Å². The third-order valence-electron chi connectivity index (χ3n) is 3.73. The number of nitrogens with zero attached hydrogens (tertiary/aromatic N) is 2. The molecule has 3 aromatic rings. The van der Waals surface area contributed by atoms with E-state index in [4.69, 9.17) is 11.6 Å². The van der Waals surface area contributed by atoms with Crippen molar-refractivity contribution < 1.29 is 4.79 Å². The summed E-state index contributed by atoms with van der Waals surface area (Å²) in [5.41, 5.74) is 4.08. The fourth-order valence-corrected chi connectivity index (χ4v) is 2.66. The summed E-state index contributed by atoms with van der Waals surface area (Å²) in [6.07, 6.45) is 0. The summed E-state index contributed by atoms with van der Waals surface area (Å²) in [5, 5.41) is 6.72. The molecule has 0 spiro atoms. The van der Waals surface area contributed by atoms with Gasteiger partial charge in [0.2, 0.25) is 5.95 Å². The minimum absolute atomic E-state index is 0.148. The Hall–Kier alpha value is -2.92. The Morgan fingerprint density at radius 1 is 1.00 bits per heavy atom. The largest absolute Gasteiger partial charge is 0.348 e. The Labute approximate surface area is 157 Å². The first-order valence-corrected chi connectivity index (χ1v) is 8.59. The first-order chi connectivity index (χ1) is 12.5. The van der Waals surface area contributed by atoms with E-state index in [1.54, 1.807) is 24.3 Å². The second-order valence-electron chi connectivity index (χ2n) is 5.99. The summed E-state index contributed by atoms with van der Waals surface area (Å²) in [5.74, 6) is 0.367. The zero-order valence-electron chi connectivity index (χ0n) is 14.6. The van der Waals surface area contributed by atoms with Gasteiger partial charge in [-0.2, -0.15) is 0 Å². The highest BCUT2D eigenvalue weighted by molar-refractivity contribution is 6.30. The predicted octanol–water partition coefficient (Wildman–Crippen LogP) is 4.42. The van der Waals surface area contributed by atoms with E-state index >= 15 is 0 Å². The van der Waals surface area contributed by atoms with Crippen LogP contribution in [0.5, 0.6) is 0 Å². The SMILES string of the molecule is Cc1cc(C)nc(Nc2cccc(C(=O)NCc3ccc(Cl)cc3)c2)n1. The fraction of sp³-hybridized carbons (Fsp3) is 0.150. The van der Waals surface area contributed by atoms with E-state index < -0.39 is 0 Å². The molecule has 0 saturated carbocycles. The van der Waals surface area contributed by atoms with Crippen LogP contribution in [0.25, 0.3) is 0 Å². The molecule has 1 heterocycles. The van der Waals surface area contributed by atoms with Gasteiger partial charge < -0.3 is 10.6 Å². The molecule has 132 valence electrons. The van der Waals surface area contributed by atoms with Crippen LogP contribution < -0.4 is 10.6 Å². The van der Waals surface area contributed by atoms with Crippen LogP contribution in [0.15, 0.2) is 54.6 Å². The minimum atomic E-state index is -0.148. The lowest BCUT2D eigenvalue weighted by molar-refractivity contribution is 0.0951. The average Bonchev–Trinajstić information content (AvgIpc) is 2.60. The molecule has 0 aliphatic heterocycles. The van der Waals surface area contributed by atoms with Crippen LogP contribution in [0.2, 0.25) is 5.02 Å². The molecule has 26 heavy (non-hydrogen) atoms. The molecule has 0 saturated heterocycles. The van der Waals surface area contributed by atoms with Crippen LogP contribution in [-0.4, -0.2) is 15.9 Å². The van der Waals surface area contributed by atoms with Crippen LogP contribution >= 0.6 is 11.6 Å². The number of rotatable bonds is 5. The summed E-state index contributed by atoms with van der Waals surface area (Å²) in [7, 11) is 0. The normalized spacial score (nSPS) is 10.4. The number of hydrogen-bond acceptors (Lipinski definition) is 4. The maximum atomic E-state index is 12.4. The predicted molar refractivity (Wildman–Crippen MR) is 104 cm³/mol. The molecule has 0 atom stereocenters. The van der Waals surface area contributed by atoms with Crippen molar-refractivity contribution in [3.05, 3.63) is 82.1 Å². The van der Waals surface area contributed by atoms with Gasteiger partial charge in [0.15, 0.2) is 0 Å². The number of carbonyl (C=O) groups is 1. The van der Waals surface area contributed by atoms with Gasteiger partial charge in [0, 0.05) is 34.2 Å². The second-order valence-corrected chi connectivity index (χ2v) is 6.43. The lowest BCUT2D eigenvalue weighted by Crippen LogP contribution is -2.22. The quantitative estimate of drug-likeness (QED) is 0.701. The molecule has 6 heteroatoms. The number of benzene rings is 2. The molecule has 1 aromatic heterocycles. The number of halogens is 1. The van der Waals surface area contributed by atoms with Gasteiger partial charge in [-0.05, 0) is 55.8 Å². The minimum Gasteiger partial charge on any atom is -0.348 e. The zero-order chi connectivity index (χ0) is 18.5. The van der Waals surface area contributed by atoms with Gasteiger partial charge >= 0.3 is 0 Å². The Bertz CT molecular complexity index is 905. The Morgan fingerprint density at radius 3 is 2.38 bits per heavy atom. The van der Waals surface area contributed by atoms with E-state index in [0.29, 0.717) is 23.1 Å². The highest BCUT2D eigenvalue weighted by atomic mass is 35.5. The van der Waals surface area contributed by atoms with Crippen molar-refractivity contribution in [2.24, 2.45) is 0 Å². The number of hydrogen-bond donors (Lipinski definition) is 2. The van der Waals surface area contributed by atoms with Crippen molar-refractivity contribution in [3.63, 3.8) is 0 Å². The fourth-order valence-electron chi connectivity index (χ4n) is 2.54. The Morgan fingerprint density at radius 2 is 1.69 bits per heavy atom. The van der Waals surface area contributed by atoms with Crippen molar-refractivity contribution >= 4 is 29.1 Å². The van der Waals surface area contributed by atoms with Crippen molar-refractivity contribution in [2.75, 3.05) is 5.32 Å². The molecule has 0 fully saturated rings. The van der Waals surface area contributed by atoms with Crippen molar-refractivity contribution in [1.82, 2.24) is 15.3 Å². The Kier molecular flexibility index (Phi) is 5.49. The first kappa shape index (κ1) is 17.9. The van der Waals surface area contributed by atoms with E-state index in [-0.39, 0.29) is 5.91 Å². The molecule has 5 nitrogen and oxygen atoms in total. The monoisotopic (exact) mass is 366 g/mol.